The minimum absolute atomic E-state index is 0.117. The first kappa shape index (κ1) is 17.6. The fourth-order valence-electron chi connectivity index (χ4n) is 2.38. The molecular weight excluding hydrogens is 294 g/mol. The molecule has 0 spiro atoms. The lowest BCUT2D eigenvalue weighted by atomic mass is 10.3. The maximum absolute atomic E-state index is 12.8. The van der Waals surface area contributed by atoms with Crippen molar-refractivity contribution in [1.82, 2.24) is 14.1 Å². The number of aromatic nitrogens is 2. The third-order valence-corrected chi connectivity index (χ3v) is 5.90. The molecule has 21 heavy (non-hydrogen) atoms. The average molecular weight is 317 g/mol. The zero-order valence-corrected chi connectivity index (χ0v) is 13.9. The van der Waals surface area contributed by atoms with E-state index in [0.717, 1.165) is 0 Å². The van der Waals surface area contributed by atoms with Gasteiger partial charge in [-0.15, -0.1) is 0 Å². The fourth-order valence-corrected chi connectivity index (χ4v) is 4.47. The van der Waals surface area contributed by atoms with Crippen molar-refractivity contribution in [1.29, 1.82) is 0 Å². The Morgan fingerprint density at radius 3 is 2.38 bits per heavy atom. The summed E-state index contributed by atoms with van der Waals surface area (Å²) in [6, 6.07) is -0.123. The lowest BCUT2D eigenvalue weighted by Crippen LogP contribution is -2.38. The second-order valence-electron chi connectivity index (χ2n) is 5.02. The van der Waals surface area contributed by atoms with E-state index in [-0.39, 0.29) is 17.5 Å². The SMILES string of the molecule is CCC(C)N(CC)S(=O)(=O)c1c(C)nn(CC(=O)O)c1C. The molecule has 1 unspecified atom stereocenters. The molecule has 8 heteroatoms. The largest absolute Gasteiger partial charge is 0.480 e. The van der Waals surface area contributed by atoms with Gasteiger partial charge in [-0.25, -0.2) is 8.42 Å². The van der Waals surface area contributed by atoms with Crippen LogP contribution < -0.4 is 0 Å². The number of carbonyl (C=O) groups is 1. The molecule has 1 aromatic heterocycles. The fraction of sp³-hybridized carbons (Fsp3) is 0.692. The molecule has 120 valence electrons. The van der Waals surface area contributed by atoms with Crippen molar-refractivity contribution in [2.45, 2.75) is 58.5 Å². The molecule has 0 aliphatic heterocycles. The lowest BCUT2D eigenvalue weighted by molar-refractivity contribution is -0.137. The number of sulfonamides is 1. The summed E-state index contributed by atoms with van der Waals surface area (Å²) in [6.07, 6.45) is 0.703. The summed E-state index contributed by atoms with van der Waals surface area (Å²) in [7, 11) is -3.68. The summed E-state index contributed by atoms with van der Waals surface area (Å²) in [6.45, 7) is 8.75. The monoisotopic (exact) mass is 317 g/mol. The van der Waals surface area contributed by atoms with Crippen LogP contribution in [0.4, 0.5) is 0 Å². The van der Waals surface area contributed by atoms with Crippen molar-refractivity contribution >= 4 is 16.0 Å². The van der Waals surface area contributed by atoms with Crippen molar-refractivity contribution in [3.63, 3.8) is 0 Å². The van der Waals surface area contributed by atoms with Gasteiger partial charge in [0.2, 0.25) is 10.0 Å². The van der Waals surface area contributed by atoms with Crippen molar-refractivity contribution < 1.29 is 18.3 Å². The van der Waals surface area contributed by atoms with Crippen LogP contribution >= 0.6 is 0 Å². The normalized spacial score (nSPS) is 13.6. The van der Waals surface area contributed by atoms with E-state index in [1.807, 2.05) is 13.8 Å². The molecular formula is C13H23N3O4S. The number of aryl methyl sites for hydroxylation is 1. The summed E-state index contributed by atoms with van der Waals surface area (Å²) >= 11 is 0. The highest BCUT2D eigenvalue weighted by molar-refractivity contribution is 7.89. The van der Waals surface area contributed by atoms with Gasteiger partial charge in [0, 0.05) is 12.6 Å². The van der Waals surface area contributed by atoms with E-state index in [2.05, 4.69) is 5.10 Å². The molecule has 0 amide bonds. The number of carboxylic acids is 1. The van der Waals surface area contributed by atoms with Crippen LogP contribution in [-0.4, -0.2) is 46.2 Å². The molecule has 0 saturated carbocycles. The van der Waals surface area contributed by atoms with E-state index >= 15 is 0 Å². The topological polar surface area (TPSA) is 92.5 Å². The standard InChI is InChI=1S/C13H23N3O4S/c1-6-9(3)16(7-2)21(19,20)13-10(4)14-15(11(13)5)8-12(17)18/h9H,6-8H2,1-5H3,(H,17,18). The molecule has 1 aromatic rings. The van der Waals surface area contributed by atoms with Crippen molar-refractivity contribution in [3.8, 4) is 0 Å². The molecule has 0 aromatic carbocycles. The van der Waals surface area contributed by atoms with Crippen LogP contribution in [0.15, 0.2) is 4.90 Å². The highest BCUT2D eigenvalue weighted by Crippen LogP contribution is 2.25. The zero-order valence-electron chi connectivity index (χ0n) is 13.1. The minimum atomic E-state index is -3.68. The predicted octanol–water partition coefficient (Wildman–Crippen LogP) is 1.39. The summed E-state index contributed by atoms with van der Waals surface area (Å²) in [5, 5.41) is 12.9. The first-order valence-electron chi connectivity index (χ1n) is 6.94. The van der Waals surface area contributed by atoms with Crippen LogP contribution in [0.2, 0.25) is 0 Å². The van der Waals surface area contributed by atoms with Crippen LogP contribution in [-0.2, 0) is 21.4 Å². The Labute approximate surface area is 125 Å². The van der Waals surface area contributed by atoms with Crippen LogP contribution in [0.3, 0.4) is 0 Å². The quantitative estimate of drug-likeness (QED) is 0.820. The highest BCUT2D eigenvalue weighted by atomic mass is 32.2. The molecule has 7 nitrogen and oxygen atoms in total. The smallest absolute Gasteiger partial charge is 0.325 e. The molecule has 0 fully saturated rings. The maximum atomic E-state index is 12.8. The van der Waals surface area contributed by atoms with Gasteiger partial charge >= 0.3 is 5.97 Å². The van der Waals surface area contributed by atoms with Gasteiger partial charge in [-0.1, -0.05) is 13.8 Å². The van der Waals surface area contributed by atoms with Gasteiger partial charge in [-0.2, -0.15) is 9.40 Å². The summed E-state index contributed by atoms with van der Waals surface area (Å²) in [5.41, 5.74) is 0.687. The van der Waals surface area contributed by atoms with Crippen LogP contribution in [0.25, 0.3) is 0 Å². The van der Waals surface area contributed by atoms with Crippen molar-refractivity contribution in [2.75, 3.05) is 6.54 Å². The summed E-state index contributed by atoms with van der Waals surface area (Å²) in [5.74, 6) is -1.06. The van der Waals surface area contributed by atoms with Crippen molar-refractivity contribution in [3.05, 3.63) is 11.4 Å². The second-order valence-corrected chi connectivity index (χ2v) is 6.84. The van der Waals surface area contributed by atoms with E-state index < -0.39 is 16.0 Å². The minimum Gasteiger partial charge on any atom is -0.480 e. The maximum Gasteiger partial charge on any atom is 0.325 e. The van der Waals surface area contributed by atoms with E-state index in [1.54, 1.807) is 20.8 Å². The number of nitrogens with zero attached hydrogens (tertiary/aromatic N) is 3. The molecule has 0 aliphatic rings. The molecule has 0 radical (unpaired) electrons. The van der Waals surface area contributed by atoms with Gasteiger partial charge in [0.25, 0.3) is 0 Å². The van der Waals surface area contributed by atoms with Crippen LogP contribution in [0, 0.1) is 13.8 Å². The third-order valence-electron chi connectivity index (χ3n) is 3.56. The molecule has 0 saturated heterocycles. The molecule has 0 aliphatic carbocycles. The van der Waals surface area contributed by atoms with Gasteiger partial charge in [-0.3, -0.25) is 9.48 Å². The van der Waals surface area contributed by atoms with Gasteiger partial charge in [0.1, 0.15) is 11.4 Å². The Balaban J connectivity index is 3.38. The number of rotatable bonds is 7. The van der Waals surface area contributed by atoms with Gasteiger partial charge in [-0.05, 0) is 27.2 Å². The van der Waals surface area contributed by atoms with Gasteiger partial charge < -0.3 is 5.11 Å². The molecule has 0 bridgehead atoms. The Bertz CT molecular complexity index is 622. The van der Waals surface area contributed by atoms with Crippen molar-refractivity contribution in [2.24, 2.45) is 0 Å². The first-order valence-corrected chi connectivity index (χ1v) is 8.38. The zero-order chi connectivity index (χ0) is 16.4. The van der Waals surface area contributed by atoms with E-state index in [0.29, 0.717) is 24.4 Å². The van der Waals surface area contributed by atoms with Crippen LogP contribution in [0.1, 0.15) is 38.6 Å². The Morgan fingerprint density at radius 2 is 1.95 bits per heavy atom. The number of carboxylic acid groups (broad SMARTS) is 1. The Kier molecular flexibility index (Phi) is 5.52. The molecule has 1 atom stereocenters. The Hall–Kier alpha value is -1.41. The molecule has 1 heterocycles. The van der Waals surface area contributed by atoms with E-state index in [1.165, 1.54) is 8.99 Å². The number of hydrogen-bond donors (Lipinski definition) is 1. The second kappa shape index (κ2) is 6.57. The predicted molar refractivity (Wildman–Crippen MR) is 78.7 cm³/mol. The molecule has 1 N–H and O–H groups in total. The highest BCUT2D eigenvalue weighted by Gasteiger charge is 2.32. The Morgan fingerprint density at radius 1 is 1.38 bits per heavy atom. The molecule has 1 rings (SSSR count). The third kappa shape index (κ3) is 3.44. The summed E-state index contributed by atoms with van der Waals surface area (Å²) < 4.78 is 28.3. The number of hydrogen-bond acceptors (Lipinski definition) is 4. The first-order chi connectivity index (χ1) is 9.66. The van der Waals surface area contributed by atoms with Gasteiger partial charge in [0.05, 0.1) is 11.4 Å². The van der Waals surface area contributed by atoms with E-state index in [4.69, 9.17) is 5.11 Å². The lowest BCUT2D eigenvalue weighted by Gasteiger charge is -2.26. The van der Waals surface area contributed by atoms with Crippen LogP contribution in [0.5, 0.6) is 0 Å². The number of aliphatic carboxylic acids is 1. The van der Waals surface area contributed by atoms with E-state index in [9.17, 15) is 13.2 Å². The average Bonchev–Trinajstić information content (AvgIpc) is 2.64. The van der Waals surface area contributed by atoms with Gasteiger partial charge in [0.15, 0.2) is 0 Å². The summed E-state index contributed by atoms with van der Waals surface area (Å²) in [4.78, 5) is 10.9.